The van der Waals surface area contributed by atoms with Crippen molar-refractivity contribution >= 4 is 31.2 Å². The highest BCUT2D eigenvalue weighted by molar-refractivity contribution is 6.43. The monoisotopic (exact) mass is 497 g/mol. The highest BCUT2D eigenvalue weighted by Gasteiger charge is 2.31. The molecule has 12 heteroatoms. The molecule has 1 aliphatic carbocycles. The molecule has 0 aromatic rings. The van der Waals surface area contributed by atoms with E-state index in [1.165, 1.54) is 0 Å². The highest BCUT2D eigenvalue weighted by atomic mass is 16.4. The summed E-state index contributed by atoms with van der Waals surface area (Å²) in [4.78, 5) is 40.5. The topological polar surface area (TPSA) is 186 Å². The van der Waals surface area contributed by atoms with Gasteiger partial charge in [-0.3, -0.25) is 14.6 Å². The van der Waals surface area contributed by atoms with Gasteiger partial charge in [0.2, 0.25) is 11.8 Å². The quantitative estimate of drug-likeness (QED) is 0.0494. The maximum atomic E-state index is 13.0. The number of hydrogen-bond donors (Lipinski definition) is 7. The number of aldehydes is 1. The van der Waals surface area contributed by atoms with Gasteiger partial charge in [0.05, 0.1) is 18.6 Å². The van der Waals surface area contributed by atoms with E-state index >= 15 is 0 Å². The minimum atomic E-state index is -1.70. The van der Waals surface area contributed by atoms with Crippen molar-refractivity contribution in [2.45, 2.75) is 96.1 Å². The Bertz CT molecular complexity index is 673. The van der Waals surface area contributed by atoms with E-state index in [0.717, 1.165) is 38.4 Å². The van der Waals surface area contributed by atoms with Crippen LogP contribution in [0, 0.1) is 11.8 Å². The Morgan fingerprint density at radius 1 is 1.11 bits per heavy atom. The molecule has 1 unspecified atom stereocenters. The van der Waals surface area contributed by atoms with Crippen molar-refractivity contribution < 1.29 is 29.5 Å². The highest BCUT2D eigenvalue weighted by Crippen LogP contribution is 2.24. The molecule has 0 heterocycles. The van der Waals surface area contributed by atoms with Crippen molar-refractivity contribution in [1.29, 1.82) is 0 Å². The van der Waals surface area contributed by atoms with Gasteiger partial charge in [-0.2, -0.15) is 0 Å². The number of aliphatic imine (C=N–C) groups is 1. The largest absolute Gasteiger partial charge is 0.475 e. The molecular formula is C23H44BN5O6. The smallest absolute Gasteiger partial charge is 0.426 e. The molecule has 1 rings (SSSR count). The molecule has 2 amide bonds. The fourth-order valence-corrected chi connectivity index (χ4v) is 4.20. The third kappa shape index (κ3) is 12.9. The van der Waals surface area contributed by atoms with Crippen molar-refractivity contribution in [2.24, 2.45) is 22.6 Å². The molecule has 0 aromatic carbocycles. The molecule has 0 bridgehead atoms. The van der Waals surface area contributed by atoms with Gasteiger partial charge in [-0.05, 0) is 44.4 Å². The lowest BCUT2D eigenvalue weighted by Gasteiger charge is -2.27. The maximum absolute atomic E-state index is 13.0. The van der Waals surface area contributed by atoms with E-state index in [9.17, 15) is 29.5 Å². The first-order chi connectivity index (χ1) is 16.7. The summed E-state index contributed by atoms with van der Waals surface area (Å²) < 4.78 is 0. The zero-order chi connectivity index (χ0) is 26.2. The van der Waals surface area contributed by atoms with Crippen molar-refractivity contribution in [2.75, 3.05) is 13.2 Å². The Kier molecular flexibility index (Phi) is 15.2. The summed E-state index contributed by atoms with van der Waals surface area (Å²) >= 11 is 0. The fourth-order valence-electron chi connectivity index (χ4n) is 4.20. The molecular weight excluding hydrogens is 453 g/mol. The maximum Gasteiger partial charge on any atom is 0.475 e. The van der Waals surface area contributed by atoms with E-state index in [-0.39, 0.29) is 42.9 Å². The normalized spacial score (nSPS) is 17.4. The number of rotatable bonds is 16. The zero-order valence-electron chi connectivity index (χ0n) is 21.1. The fraction of sp³-hybridized carbons (Fsp3) is 0.826. The molecule has 1 aliphatic rings. The summed E-state index contributed by atoms with van der Waals surface area (Å²) in [5, 5.41) is 37.1. The van der Waals surface area contributed by atoms with Crippen LogP contribution < -0.4 is 21.7 Å². The van der Waals surface area contributed by atoms with Crippen molar-refractivity contribution in [3.05, 3.63) is 0 Å². The summed E-state index contributed by atoms with van der Waals surface area (Å²) in [6, 6.07) is -1.21. The second-order valence-corrected chi connectivity index (χ2v) is 9.73. The molecule has 0 aromatic heterocycles. The van der Waals surface area contributed by atoms with Crippen LogP contribution in [0.3, 0.4) is 0 Å². The molecule has 0 saturated heterocycles. The third-order valence-corrected chi connectivity index (χ3v) is 6.16. The Morgan fingerprint density at radius 3 is 2.37 bits per heavy atom. The predicted octanol–water partition coefficient (Wildman–Crippen LogP) is -0.381. The summed E-state index contributed by atoms with van der Waals surface area (Å²) in [7, 11) is -1.70. The van der Waals surface area contributed by atoms with Crippen LogP contribution in [0.4, 0.5) is 0 Å². The number of aliphatic hydroxyl groups is 1. The van der Waals surface area contributed by atoms with Crippen LogP contribution in [0.2, 0.25) is 0 Å². The van der Waals surface area contributed by atoms with Gasteiger partial charge in [-0.15, -0.1) is 0 Å². The Morgan fingerprint density at radius 2 is 1.80 bits per heavy atom. The lowest BCUT2D eigenvalue weighted by molar-refractivity contribution is -0.132. The summed E-state index contributed by atoms with van der Waals surface area (Å²) in [6.07, 6.45) is 7.31. The number of nitrogens with two attached hydrogens (primary N) is 1. The van der Waals surface area contributed by atoms with Crippen LogP contribution in [0.1, 0.15) is 78.1 Å². The molecule has 200 valence electrons. The summed E-state index contributed by atoms with van der Waals surface area (Å²) in [5.74, 6) is -1.30. The minimum Gasteiger partial charge on any atom is -0.426 e. The number of guanidine groups is 1. The van der Waals surface area contributed by atoms with E-state index in [4.69, 9.17) is 5.73 Å². The van der Waals surface area contributed by atoms with E-state index in [0.29, 0.717) is 32.1 Å². The SMILES string of the molecule is CC(C)C[C@H](NC(=O)[C@H](CCCN=C(N)NC(CO)CCC=O)NC(=O)C1CCCCC1)B(O)O. The zero-order valence-corrected chi connectivity index (χ0v) is 21.1. The summed E-state index contributed by atoms with van der Waals surface area (Å²) in [5.41, 5.74) is 5.86. The van der Waals surface area contributed by atoms with Crippen molar-refractivity contribution in [3.8, 4) is 0 Å². The van der Waals surface area contributed by atoms with Crippen molar-refractivity contribution in [1.82, 2.24) is 16.0 Å². The molecule has 11 nitrogen and oxygen atoms in total. The second kappa shape index (κ2) is 17.3. The molecule has 0 spiro atoms. The Hall–Kier alpha value is -2.18. The number of nitrogens with one attached hydrogen (secondary N) is 3. The van der Waals surface area contributed by atoms with Gasteiger partial charge in [0.1, 0.15) is 12.3 Å². The lowest BCUT2D eigenvalue weighted by atomic mass is 9.75. The Balaban J connectivity index is 2.74. The number of carbonyl (C=O) groups is 3. The van der Waals surface area contributed by atoms with Gasteiger partial charge in [0, 0.05) is 18.9 Å². The molecule has 3 atom stereocenters. The molecule has 8 N–H and O–H groups in total. The standard InChI is InChI=1S/C23H44BN5O6/c1-16(2)14-20(24(34)35)29-22(33)19(28-21(32)17-8-4-3-5-9-17)11-6-12-26-23(25)27-18(15-31)10-7-13-30/h13,16-20,31,34-35H,3-12,14-15H2,1-2H3,(H,28,32)(H,29,33)(H3,25,26,27)/t18?,19-,20-/m0/s1. The van der Waals surface area contributed by atoms with Crippen LogP contribution in [-0.2, 0) is 14.4 Å². The number of nitrogens with zero attached hydrogens (tertiary/aromatic N) is 1. The van der Waals surface area contributed by atoms with Gasteiger partial charge in [0.25, 0.3) is 0 Å². The van der Waals surface area contributed by atoms with Gasteiger partial charge in [0.15, 0.2) is 5.96 Å². The van der Waals surface area contributed by atoms with E-state index in [1.807, 2.05) is 13.8 Å². The second-order valence-electron chi connectivity index (χ2n) is 9.73. The third-order valence-electron chi connectivity index (χ3n) is 6.16. The first-order valence-corrected chi connectivity index (χ1v) is 12.8. The lowest BCUT2D eigenvalue weighted by Crippen LogP contribution is -2.55. The van der Waals surface area contributed by atoms with Gasteiger partial charge < -0.3 is 41.6 Å². The minimum absolute atomic E-state index is 0.117. The predicted molar refractivity (Wildman–Crippen MR) is 135 cm³/mol. The summed E-state index contributed by atoms with van der Waals surface area (Å²) in [6.45, 7) is 3.93. The number of carbonyl (C=O) groups excluding carboxylic acids is 3. The number of hydrogen-bond acceptors (Lipinski definition) is 7. The first-order valence-electron chi connectivity index (χ1n) is 12.8. The van der Waals surface area contributed by atoms with Gasteiger partial charge in [-0.1, -0.05) is 33.1 Å². The first kappa shape index (κ1) is 30.9. The van der Waals surface area contributed by atoms with Gasteiger partial charge >= 0.3 is 7.12 Å². The molecule has 35 heavy (non-hydrogen) atoms. The van der Waals surface area contributed by atoms with Crippen LogP contribution in [-0.4, -0.2) is 77.5 Å². The molecule has 0 aliphatic heterocycles. The van der Waals surface area contributed by atoms with E-state index in [1.54, 1.807) is 0 Å². The van der Waals surface area contributed by atoms with Crippen molar-refractivity contribution in [3.63, 3.8) is 0 Å². The van der Waals surface area contributed by atoms with Gasteiger partial charge in [-0.25, -0.2) is 0 Å². The number of amides is 2. The molecule has 1 saturated carbocycles. The molecule has 1 fully saturated rings. The van der Waals surface area contributed by atoms with Crippen LogP contribution >= 0.6 is 0 Å². The Labute approximate surface area is 208 Å². The average molecular weight is 497 g/mol. The van der Waals surface area contributed by atoms with Crippen LogP contribution in [0.15, 0.2) is 4.99 Å². The van der Waals surface area contributed by atoms with E-state index in [2.05, 4.69) is 20.9 Å². The van der Waals surface area contributed by atoms with E-state index < -0.39 is 25.0 Å². The number of aliphatic hydroxyl groups excluding tert-OH is 1. The average Bonchev–Trinajstić information content (AvgIpc) is 2.83. The molecule has 0 radical (unpaired) electrons. The van der Waals surface area contributed by atoms with Crippen LogP contribution in [0.5, 0.6) is 0 Å². The van der Waals surface area contributed by atoms with Crippen LogP contribution in [0.25, 0.3) is 0 Å².